The van der Waals surface area contributed by atoms with Crippen molar-refractivity contribution in [1.29, 1.82) is 0 Å². The molecule has 0 spiro atoms. The number of hydrogen-bond donors (Lipinski definition) is 1. The predicted molar refractivity (Wildman–Crippen MR) is 71.8 cm³/mol. The highest BCUT2D eigenvalue weighted by atomic mass is 32.1. The van der Waals surface area contributed by atoms with Crippen LogP contribution in [0, 0.1) is 4.77 Å². The lowest BCUT2D eigenvalue weighted by molar-refractivity contribution is -0.147. The first-order chi connectivity index (χ1) is 9.48. The van der Waals surface area contributed by atoms with Gasteiger partial charge in [0.2, 0.25) is 4.77 Å². The summed E-state index contributed by atoms with van der Waals surface area (Å²) in [5, 5.41) is 8.80. The van der Waals surface area contributed by atoms with Gasteiger partial charge in [0, 0.05) is 6.21 Å². The van der Waals surface area contributed by atoms with Gasteiger partial charge in [0.15, 0.2) is 0 Å². The molecule has 8 heteroatoms. The molecule has 0 radical (unpaired) electrons. The molecule has 0 atom stereocenters. The van der Waals surface area contributed by atoms with Crippen LogP contribution in [0.15, 0.2) is 41.5 Å². The Morgan fingerprint density at radius 1 is 1.25 bits per heavy atom. The highest BCUT2D eigenvalue weighted by molar-refractivity contribution is 7.71. The molecule has 0 aliphatic rings. The Hall–Kier alpha value is -2.22. The third-order valence-electron chi connectivity index (χ3n) is 2.26. The van der Waals surface area contributed by atoms with Gasteiger partial charge in [-0.25, -0.2) is 5.10 Å². The first-order valence-corrected chi connectivity index (χ1v) is 5.90. The van der Waals surface area contributed by atoms with Crippen molar-refractivity contribution in [1.82, 2.24) is 14.9 Å². The number of nitrogens with zero attached hydrogens (tertiary/aromatic N) is 3. The van der Waals surface area contributed by atoms with E-state index in [0.29, 0.717) is 4.68 Å². The van der Waals surface area contributed by atoms with Crippen LogP contribution in [-0.2, 0) is 6.18 Å². The Bertz CT molecular complexity index is 683. The molecule has 0 unspecified atom stereocenters. The number of benzene rings is 1. The zero-order chi connectivity index (χ0) is 14.6. The van der Waals surface area contributed by atoms with Crippen molar-refractivity contribution in [3.8, 4) is 0 Å². The van der Waals surface area contributed by atoms with Crippen molar-refractivity contribution in [2.75, 3.05) is 0 Å². The van der Waals surface area contributed by atoms with E-state index in [-0.39, 0.29) is 4.77 Å². The van der Waals surface area contributed by atoms with Crippen LogP contribution >= 0.6 is 12.2 Å². The smallest absolute Gasteiger partial charge is 0.250 e. The standard InChI is InChI=1S/C12H9F3N4S/c13-12(14,15)10-17-18-11(20)19(10)16-8-4-7-9-5-2-1-3-6-9/h1-8H,(H,18,20). The summed E-state index contributed by atoms with van der Waals surface area (Å²) in [5.74, 6) is -1.19. The van der Waals surface area contributed by atoms with E-state index in [4.69, 9.17) is 12.2 Å². The van der Waals surface area contributed by atoms with Crippen LogP contribution in [0.3, 0.4) is 0 Å². The van der Waals surface area contributed by atoms with Crippen LogP contribution in [-0.4, -0.2) is 21.1 Å². The Kier molecular flexibility index (Phi) is 4.14. The number of H-pyrrole nitrogens is 1. The van der Waals surface area contributed by atoms with Gasteiger partial charge >= 0.3 is 6.18 Å². The van der Waals surface area contributed by atoms with Crippen molar-refractivity contribution < 1.29 is 13.2 Å². The van der Waals surface area contributed by atoms with Gasteiger partial charge in [-0.1, -0.05) is 36.4 Å². The second-order valence-corrected chi connectivity index (χ2v) is 4.08. The molecule has 1 heterocycles. The number of alkyl halides is 3. The van der Waals surface area contributed by atoms with E-state index in [1.165, 1.54) is 12.3 Å². The van der Waals surface area contributed by atoms with Gasteiger partial charge in [-0.2, -0.15) is 22.9 Å². The number of hydrogen-bond acceptors (Lipinski definition) is 3. The Morgan fingerprint density at radius 2 is 1.95 bits per heavy atom. The maximum Gasteiger partial charge on any atom is 0.453 e. The molecule has 0 aliphatic heterocycles. The molecular weight excluding hydrogens is 289 g/mol. The molecule has 0 fully saturated rings. The first kappa shape index (κ1) is 14.2. The van der Waals surface area contributed by atoms with Crippen LogP contribution in [0.25, 0.3) is 6.08 Å². The molecule has 0 bridgehead atoms. The number of aromatic amines is 1. The fourth-order valence-electron chi connectivity index (χ4n) is 1.41. The van der Waals surface area contributed by atoms with Gasteiger partial charge in [-0.05, 0) is 23.9 Å². The van der Waals surface area contributed by atoms with Crippen LogP contribution in [0.2, 0.25) is 0 Å². The molecule has 4 nitrogen and oxygen atoms in total. The summed E-state index contributed by atoms with van der Waals surface area (Å²) >= 11 is 4.69. The van der Waals surface area contributed by atoms with E-state index in [1.807, 2.05) is 30.3 Å². The van der Waals surface area contributed by atoms with Crippen LogP contribution < -0.4 is 0 Å². The van der Waals surface area contributed by atoms with E-state index in [9.17, 15) is 13.2 Å². The molecule has 20 heavy (non-hydrogen) atoms. The summed E-state index contributed by atoms with van der Waals surface area (Å²) in [6, 6.07) is 9.28. The third-order valence-corrected chi connectivity index (χ3v) is 2.52. The number of aromatic nitrogens is 3. The molecular formula is C12H9F3N4S. The maximum atomic E-state index is 12.6. The van der Waals surface area contributed by atoms with Crippen LogP contribution in [0.5, 0.6) is 0 Å². The summed E-state index contributed by atoms with van der Waals surface area (Å²) in [6.07, 6.45) is -0.174. The minimum atomic E-state index is -4.62. The molecule has 1 aromatic heterocycles. The minimum absolute atomic E-state index is 0.221. The molecule has 1 aromatic carbocycles. The van der Waals surface area contributed by atoms with Gasteiger partial charge < -0.3 is 0 Å². The highest BCUT2D eigenvalue weighted by Gasteiger charge is 2.37. The second-order valence-electron chi connectivity index (χ2n) is 3.70. The largest absolute Gasteiger partial charge is 0.453 e. The molecule has 2 aromatic rings. The summed E-state index contributed by atoms with van der Waals surface area (Å²) < 4.78 is 38.1. The van der Waals surface area contributed by atoms with E-state index in [2.05, 4.69) is 15.3 Å². The molecule has 104 valence electrons. The number of halogens is 3. The third kappa shape index (κ3) is 3.41. The topological polar surface area (TPSA) is 46.0 Å². The first-order valence-electron chi connectivity index (χ1n) is 5.49. The number of nitrogens with one attached hydrogen (secondary N) is 1. The van der Waals surface area contributed by atoms with Crippen molar-refractivity contribution in [3.05, 3.63) is 52.6 Å². The Balaban J connectivity index is 2.19. The van der Waals surface area contributed by atoms with Crippen molar-refractivity contribution >= 4 is 24.5 Å². The van der Waals surface area contributed by atoms with Gasteiger partial charge in [0.1, 0.15) is 0 Å². The Labute approximate surface area is 117 Å². The quantitative estimate of drug-likeness (QED) is 0.696. The van der Waals surface area contributed by atoms with E-state index in [0.717, 1.165) is 5.56 Å². The van der Waals surface area contributed by atoms with Crippen LogP contribution in [0.1, 0.15) is 11.4 Å². The van der Waals surface area contributed by atoms with Gasteiger partial charge in [0.25, 0.3) is 5.82 Å². The van der Waals surface area contributed by atoms with E-state index < -0.39 is 12.0 Å². The average molecular weight is 298 g/mol. The maximum absolute atomic E-state index is 12.6. The molecule has 0 saturated heterocycles. The number of allylic oxidation sites excluding steroid dienone is 1. The summed E-state index contributed by atoms with van der Waals surface area (Å²) in [6.45, 7) is 0. The van der Waals surface area contributed by atoms with Crippen molar-refractivity contribution in [2.45, 2.75) is 6.18 Å². The molecule has 0 amide bonds. The lowest BCUT2D eigenvalue weighted by Crippen LogP contribution is -2.12. The van der Waals surface area contributed by atoms with E-state index >= 15 is 0 Å². The lowest BCUT2D eigenvalue weighted by Gasteiger charge is -2.03. The summed E-state index contributed by atoms with van der Waals surface area (Å²) in [7, 11) is 0. The normalized spacial score (nSPS) is 12.6. The lowest BCUT2D eigenvalue weighted by atomic mass is 10.2. The predicted octanol–water partition coefficient (Wildman–Crippen LogP) is 3.51. The molecule has 0 saturated carbocycles. The fraction of sp³-hybridized carbons (Fsp3) is 0.0833. The zero-order valence-electron chi connectivity index (χ0n) is 10.0. The Morgan fingerprint density at radius 3 is 2.60 bits per heavy atom. The van der Waals surface area contributed by atoms with Gasteiger partial charge in [0.05, 0.1) is 0 Å². The fourth-order valence-corrected chi connectivity index (χ4v) is 1.58. The minimum Gasteiger partial charge on any atom is -0.250 e. The molecule has 0 aliphatic carbocycles. The number of rotatable bonds is 3. The van der Waals surface area contributed by atoms with Crippen molar-refractivity contribution in [2.24, 2.45) is 5.10 Å². The zero-order valence-corrected chi connectivity index (χ0v) is 10.8. The molecule has 2 rings (SSSR count). The van der Waals surface area contributed by atoms with E-state index in [1.54, 1.807) is 6.08 Å². The SMILES string of the molecule is FC(F)(F)c1n[nH]c(=S)n1N=CC=Cc1ccccc1. The van der Waals surface area contributed by atoms with Crippen molar-refractivity contribution in [3.63, 3.8) is 0 Å². The van der Waals surface area contributed by atoms with Crippen LogP contribution in [0.4, 0.5) is 13.2 Å². The highest BCUT2D eigenvalue weighted by Crippen LogP contribution is 2.27. The van der Waals surface area contributed by atoms with Gasteiger partial charge in [-0.15, -0.1) is 5.10 Å². The second kappa shape index (κ2) is 5.83. The average Bonchev–Trinajstić information content (AvgIpc) is 2.77. The monoisotopic (exact) mass is 298 g/mol. The summed E-state index contributed by atoms with van der Waals surface area (Å²) in [4.78, 5) is 0. The summed E-state index contributed by atoms with van der Waals surface area (Å²) in [5.41, 5.74) is 0.908. The van der Waals surface area contributed by atoms with Gasteiger partial charge in [-0.3, -0.25) is 0 Å². The molecule has 1 N–H and O–H groups in total.